The molecule has 3 unspecified atom stereocenters. The van der Waals surface area contributed by atoms with Crippen LogP contribution in [0.5, 0.6) is 5.75 Å². The number of rotatable bonds is 2. The zero-order valence-corrected chi connectivity index (χ0v) is 13.1. The van der Waals surface area contributed by atoms with Crippen molar-refractivity contribution >= 4 is 23.2 Å². The third-order valence-electron chi connectivity index (χ3n) is 4.21. The Hall–Kier alpha value is -2.24. The van der Waals surface area contributed by atoms with Gasteiger partial charge >= 0.3 is 0 Å². The lowest BCUT2D eigenvalue weighted by atomic mass is 9.91. The quantitative estimate of drug-likeness (QED) is 0.795. The molecule has 5 heteroatoms. The van der Waals surface area contributed by atoms with Gasteiger partial charge in [-0.2, -0.15) is 0 Å². The number of benzene rings is 2. The molecule has 0 spiro atoms. The first kappa shape index (κ1) is 14.4. The molecule has 2 aliphatic rings. The number of carbonyl (C=O) groups excluding carboxylic acids is 1. The monoisotopic (exact) mass is 324 g/mol. The third kappa shape index (κ3) is 2.62. The van der Waals surface area contributed by atoms with Gasteiger partial charge in [0.1, 0.15) is 11.9 Å². The molecule has 0 aromatic heterocycles. The molecule has 1 fully saturated rings. The van der Waals surface area contributed by atoms with E-state index in [2.05, 4.69) is 16.0 Å². The van der Waals surface area contributed by atoms with E-state index >= 15 is 0 Å². The molecule has 4 nitrogen and oxygen atoms in total. The topological polar surface area (TPSA) is 61.4 Å². The fourth-order valence-electron chi connectivity index (χ4n) is 3.04. The van der Waals surface area contributed by atoms with E-state index in [0.29, 0.717) is 0 Å². The van der Waals surface area contributed by atoms with Gasteiger partial charge in [-0.05, 0) is 34.2 Å². The highest BCUT2D eigenvalue weighted by Gasteiger charge is 2.42. The van der Waals surface area contributed by atoms with E-state index < -0.39 is 0 Å². The number of phenolic OH excluding ortho intramolecular Hbond substituents is 1. The second-order valence-electron chi connectivity index (χ2n) is 5.67. The molecular formula is C18H16N2O2S. The fourth-order valence-corrected chi connectivity index (χ4v) is 4.26. The number of nitrogens with one attached hydrogen (secondary N) is 2. The first-order valence-electron chi connectivity index (χ1n) is 7.49. The predicted octanol–water partition coefficient (Wildman–Crippen LogP) is 2.84. The molecule has 3 atom stereocenters. The fraction of sp³-hybridized carbons (Fsp3) is 0.167. The zero-order chi connectivity index (χ0) is 15.8. The molecule has 116 valence electrons. The van der Waals surface area contributed by atoms with E-state index in [1.54, 1.807) is 23.9 Å². The number of aromatic hydroxyl groups is 1. The Kier molecular flexibility index (Phi) is 3.59. The van der Waals surface area contributed by atoms with Gasteiger partial charge in [0.15, 0.2) is 0 Å². The summed E-state index contributed by atoms with van der Waals surface area (Å²) < 4.78 is 0. The zero-order valence-electron chi connectivity index (χ0n) is 12.3. The van der Waals surface area contributed by atoms with E-state index in [1.165, 1.54) is 0 Å². The van der Waals surface area contributed by atoms with Crippen LogP contribution in [0.25, 0.3) is 5.57 Å². The lowest BCUT2D eigenvalue weighted by Crippen LogP contribution is -2.54. The van der Waals surface area contributed by atoms with Gasteiger partial charge in [-0.25, -0.2) is 0 Å². The maximum absolute atomic E-state index is 12.7. The summed E-state index contributed by atoms with van der Waals surface area (Å²) in [4.78, 5) is 12.7. The summed E-state index contributed by atoms with van der Waals surface area (Å²) in [6.45, 7) is 0. The molecule has 0 aliphatic carbocycles. The molecule has 1 saturated heterocycles. The van der Waals surface area contributed by atoms with Crippen LogP contribution in [-0.4, -0.2) is 16.4 Å². The summed E-state index contributed by atoms with van der Waals surface area (Å²) in [5.41, 5.74) is 3.09. The average Bonchev–Trinajstić information content (AvgIpc) is 3.01. The number of hydrogen-bond donors (Lipinski definition) is 3. The first-order valence-corrected chi connectivity index (χ1v) is 8.43. The van der Waals surface area contributed by atoms with Gasteiger partial charge in [0.2, 0.25) is 5.91 Å². The van der Waals surface area contributed by atoms with Crippen molar-refractivity contribution < 1.29 is 9.90 Å². The van der Waals surface area contributed by atoms with Gasteiger partial charge in [0.05, 0.1) is 11.3 Å². The van der Waals surface area contributed by atoms with Crippen LogP contribution in [0.15, 0.2) is 60.0 Å². The minimum atomic E-state index is -0.236. The Morgan fingerprint density at radius 1 is 1.00 bits per heavy atom. The van der Waals surface area contributed by atoms with Gasteiger partial charge < -0.3 is 10.4 Å². The van der Waals surface area contributed by atoms with Crippen LogP contribution in [0.2, 0.25) is 0 Å². The Balaban J connectivity index is 1.57. The Morgan fingerprint density at radius 2 is 1.74 bits per heavy atom. The summed E-state index contributed by atoms with van der Waals surface area (Å²) in [7, 11) is 0. The van der Waals surface area contributed by atoms with E-state index in [4.69, 9.17) is 0 Å². The van der Waals surface area contributed by atoms with E-state index in [0.717, 1.165) is 16.7 Å². The Bertz CT molecular complexity index is 758. The molecule has 4 rings (SSSR count). The SMILES string of the molecule is O=C1NC(c2ccc(O)cc2)NC2SC=C(c3ccccc3)C12. The molecule has 0 bridgehead atoms. The number of amides is 1. The molecule has 0 radical (unpaired) electrons. The van der Waals surface area contributed by atoms with Crippen molar-refractivity contribution in [2.75, 3.05) is 0 Å². The lowest BCUT2D eigenvalue weighted by Gasteiger charge is -2.34. The summed E-state index contributed by atoms with van der Waals surface area (Å²) in [5.74, 6) is 0.0692. The van der Waals surface area contributed by atoms with E-state index in [-0.39, 0.29) is 29.1 Å². The van der Waals surface area contributed by atoms with Crippen molar-refractivity contribution in [2.45, 2.75) is 11.5 Å². The molecule has 1 amide bonds. The summed E-state index contributed by atoms with van der Waals surface area (Å²) in [6, 6.07) is 16.9. The first-order chi connectivity index (χ1) is 11.2. The molecule has 23 heavy (non-hydrogen) atoms. The number of phenols is 1. The van der Waals surface area contributed by atoms with Crippen LogP contribution in [-0.2, 0) is 4.79 Å². The van der Waals surface area contributed by atoms with Crippen LogP contribution in [0.3, 0.4) is 0 Å². The number of hydrogen-bond acceptors (Lipinski definition) is 4. The van der Waals surface area contributed by atoms with Crippen molar-refractivity contribution in [3.63, 3.8) is 0 Å². The van der Waals surface area contributed by atoms with Crippen molar-refractivity contribution in [1.82, 2.24) is 10.6 Å². The molecule has 2 heterocycles. The van der Waals surface area contributed by atoms with Crippen molar-refractivity contribution in [3.05, 3.63) is 71.1 Å². The predicted molar refractivity (Wildman–Crippen MR) is 91.4 cm³/mol. The highest BCUT2D eigenvalue weighted by molar-refractivity contribution is 8.03. The lowest BCUT2D eigenvalue weighted by molar-refractivity contribution is -0.126. The number of thioether (sulfide) groups is 1. The minimum Gasteiger partial charge on any atom is -0.508 e. The van der Waals surface area contributed by atoms with Crippen LogP contribution in [0.1, 0.15) is 17.3 Å². The highest BCUT2D eigenvalue weighted by Crippen LogP contribution is 2.43. The molecule has 2 aromatic rings. The Labute approximate surface area is 138 Å². The normalized spacial score (nSPS) is 26.3. The van der Waals surface area contributed by atoms with Crippen LogP contribution in [0.4, 0.5) is 0 Å². The van der Waals surface area contributed by atoms with Gasteiger partial charge in [0.25, 0.3) is 0 Å². The molecular weight excluding hydrogens is 308 g/mol. The standard InChI is InChI=1S/C18H16N2O2S/c21-13-8-6-12(7-9-13)16-19-17(22)15-14(10-23-18(15)20-16)11-4-2-1-3-5-11/h1-10,15-16,18,20-21H,(H,19,22). The van der Waals surface area contributed by atoms with Crippen LogP contribution in [0, 0.1) is 5.92 Å². The van der Waals surface area contributed by atoms with Crippen LogP contribution >= 0.6 is 11.8 Å². The molecule has 2 aromatic carbocycles. The minimum absolute atomic E-state index is 0.0257. The summed E-state index contributed by atoms with van der Waals surface area (Å²) >= 11 is 1.65. The molecule has 0 saturated carbocycles. The van der Waals surface area contributed by atoms with Crippen LogP contribution < -0.4 is 10.6 Å². The highest BCUT2D eigenvalue weighted by atomic mass is 32.2. The smallest absolute Gasteiger partial charge is 0.231 e. The Morgan fingerprint density at radius 3 is 2.48 bits per heavy atom. The molecule has 2 aliphatic heterocycles. The largest absolute Gasteiger partial charge is 0.508 e. The summed E-state index contributed by atoms with van der Waals surface area (Å²) in [6.07, 6.45) is -0.236. The maximum Gasteiger partial charge on any atom is 0.231 e. The number of fused-ring (bicyclic) bond motifs is 1. The average molecular weight is 324 g/mol. The van der Waals surface area contributed by atoms with Gasteiger partial charge in [0, 0.05) is 0 Å². The third-order valence-corrected chi connectivity index (χ3v) is 5.30. The molecule has 3 N–H and O–H groups in total. The van der Waals surface area contributed by atoms with Gasteiger partial charge in [-0.3, -0.25) is 10.1 Å². The van der Waals surface area contributed by atoms with E-state index in [9.17, 15) is 9.90 Å². The van der Waals surface area contributed by atoms with Crippen molar-refractivity contribution in [3.8, 4) is 5.75 Å². The number of carbonyl (C=O) groups is 1. The van der Waals surface area contributed by atoms with E-state index in [1.807, 2.05) is 42.5 Å². The van der Waals surface area contributed by atoms with Crippen molar-refractivity contribution in [2.24, 2.45) is 5.92 Å². The second kappa shape index (κ2) is 5.76. The van der Waals surface area contributed by atoms with Crippen molar-refractivity contribution in [1.29, 1.82) is 0 Å². The second-order valence-corrected chi connectivity index (χ2v) is 6.69. The maximum atomic E-state index is 12.7. The van der Waals surface area contributed by atoms with Gasteiger partial charge in [-0.1, -0.05) is 42.5 Å². The van der Waals surface area contributed by atoms with Gasteiger partial charge in [-0.15, -0.1) is 11.8 Å². The summed E-state index contributed by atoms with van der Waals surface area (Å²) in [5, 5.41) is 18.0.